The summed E-state index contributed by atoms with van der Waals surface area (Å²) in [4.78, 5) is 57.1. The molecule has 1 aliphatic carbocycles. The van der Waals surface area contributed by atoms with E-state index >= 15 is 0 Å². The van der Waals surface area contributed by atoms with Crippen LogP contribution < -0.4 is 16.0 Å². The Morgan fingerprint density at radius 3 is 2.13 bits per heavy atom. The Morgan fingerprint density at radius 1 is 0.889 bits per heavy atom. The Kier molecular flexibility index (Phi) is 12.2. The van der Waals surface area contributed by atoms with Crippen LogP contribution in [0.25, 0.3) is 0 Å². The number of carbonyl (C=O) groups is 4. The van der Waals surface area contributed by atoms with Crippen LogP contribution in [0.15, 0.2) is 36.5 Å². The normalized spacial score (nSPS) is 18.5. The number of amides is 4. The van der Waals surface area contributed by atoms with Gasteiger partial charge >= 0.3 is 0 Å². The standard InChI is InChI=1S/C34H51N7O4/c1-6-29(42)37-30(34(45)40-21-19-39(5)20-22-40)24(4)25-13-15-27(16-14-25)36-33(44)31(26-11-9-7-8-10-12-26)38-32(43)28-17-18-35-41(28)23(2)3/h13-18,23-24,26,30-31H,6-12,19-22H2,1-5H3,(H,36,44)(H,37,42)(H,38,43)/t24-,30+,31-/m0/s1. The molecule has 1 aromatic carbocycles. The fourth-order valence-corrected chi connectivity index (χ4v) is 6.34. The Hall–Kier alpha value is -3.73. The van der Waals surface area contributed by atoms with Crippen LogP contribution in [0.2, 0.25) is 0 Å². The topological polar surface area (TPSA) is 129 Å². The summed E-state index contributed by atoms with van der Waals surface area (Å²) < 4.78 is 1.67. The van der Waals surface area contributed by atoms with Crippen molar-refractivity contribution in [2.45, 2.75) is 96.7 Å². The zero-order valence-corrected chi connectivity index (χ0v) is 27.6. The predicted octanol–water partition coefficient (Wildman–Crippen LogP) is 3.94. The highest BCUT2D eigenvalue weighted by molar-refractivity contribution is 6.00. The predicted molar refractivity (Wildman–Crippen MR) is 175 cm³/mol. The van der Waals surface area contributed by atoms with E-state index in [0.717, 1.165) is 57.2 Å². The van der Waals surface area contributed by atoms with Gasteiger partial charge in [0.2, 0.25) is 17.7 Å². The van der Waals surface area contributed by atoms with Crippen molar-refractivity contribution >= 4 is 29.3 Å². The van der Waals surface area contributed by atoms with Crippen LogP contribution >= 0.6 is 0 Å². The maximum Gasteiger partial charge on any atom is 0.270 e. The smallest absolute Gasteiger partial charge is 0.270 e. The van der Waals surface area contributed by atoms with Crippen molar-refractivity contribution < 1.29 is 19.2 Å². The Bertz CT molecular complexity index is 1290. The lowest BCUT2D eigenvalue weighted by Crippen LogP contribution is -2.55. The van der Waals surface area contributed by atoms with Gasteiger partial charge < -0.3 is 25.8 Å². The molecule has 0 spiro atoms. The Balaban J connectivity index is 1.49. The molecule has 4 amide bonds. The molecule has 45 heavy (non-hydrogen) atoms. The first-order chi connectivity index (χ1) is 21.6. The molecule has 1 saturated carbocycles. The molecule has 0 unspecified atom stereocenters. The minimum atomic E-state index is -0.685. The number of hydrogen-bond acceptors (Lipinski definition) is 6. The van der Waals surface area contributed by atoms with Crippen molar-refractivity contribution in [2.75, 3.05) is 38.5 Å². The number of nitrogens with zero attached hydrogens (tertiary/aromatic N) is 4. The monoisotopic (exact) mass is 621 g/mol. The molecule has 11 nitrogen and oxygen atoms in total. The molecule has 2 fully saturated rings. The van der Waals surface area contributed by atoms with Gasteiger partial charge in [-0.2, -0.15) is 5.10 Å². The number of piperazine rings is 1. The number of aromatic nitrogens is 2. The Labute approximate surface area is 267 Å². The molecule has 1 saturated heterocycles. The van der Waals surface area contributed by atoms with Gasteiger partial charge in [0.05, 0.1) is 0 Å². The molecule has 4 rings (SSSR count). The quantitative estimate of drug-likeness (QED) is 0.326. The summed E-state index contributed by atoms with van der Waals surface area (Å²) in [6.45, 7) is 10.5. The summed E-state index contributed by atoms with van der Waals surface area (Å²) in [6.07, 6.45) is 7.99. The maximum atomic E-state index is 13.8. The van der Waals surface area contributed by atoms with E-state index in [1.807, 2.05) is 57.0 Å². The highest BCUT2D eigenvalue weighted by Crippen LogP contribution is 2.28. The van der Waals surface area contributed by atoms with Crippen LogP contribution in [0.3, 0.4) is 0 Å². The average molecular weight is 622 g/mol. The summed E-state index contributed by atoms with van der Waals surface area (Å²) >= 11 is 0. The molecule has 246 valence electrons. The number of hydrogen-bond donors (Lipinski definition) is 3. The molecular formula is C34H51N7O4. The largest absolute Gasteiger partial charge is 0.344 e. The van der Waals surface area contributed by atoms with Crippen molar-refractivity contribution in [3.05, 3.63) is 47.8 Å². The zero-order valence-electron chi connectivity index (χ0n) is 27.6. The van der Waals surface area contributed by atoms with Gasteiger partial charge in [0.25, 0.3) is 5.91 Å². The summed E-state index contributed by atoms with van der Waals surface area (Å²) in [7, 11) is 2.04. The number of likely N-dealkylation sites (N-methyl/N-ethyl adjacent to an activating group) is 1. The van der Waals surface area contributed by atoms with E-state index in [4.69, 9.17) is 0 Å². The van der Waals surface area contributed by atoms with E-state index in [0.29, 0.717) is 30.9 Å². The number of nitrogens with one attached hydrogen (secondary N) is 3. The van der Waals surface area contributed by atoms with Gasteiger partial charge in [0.15, 0.2) is 0 Å². The van der Waals surface area contributed by atoms with E-state index < -0.39 is 12.1 Å². The second kappa shape index (κ2) is 16.0. The van der Waals surface area contributed by atoms with Crippen molar-refractivity contribution in [3.63, 3.8) is 0 Å². The van der Waals surface area contributed by atoms with Crippen molar-refractivity contribution in [2.24, 2.45) is 5.92 Å². The van der Waals surface area contributed by atoms with Gasteiger partial charge in [-0.25, -0.2) is 0 Å². The highest BCUT2D eigenvalue weighted by Gasteiger charge is 2.34. The minimum Gasteiger partial charge on any atom is -0.344 e. The summed E-state index contributed by atoms with van der Waals surface area (Å²) in [5, 5.41) is 13.3. The van der Waals surface area contributed by atoms with Gasteiger partial charge in [-0.3, -0.25) is 23.9 Å². The van der Waals surface area contributed by atoms with Gasteiger partial charge in [-0.1, -0.05) is 51.7 Å². The van der Waals surface area contributed by atoms with Gasteiger partial charge in [0, 0.05) is 56.4 Å². The van der Waals surface area contributed by atoms with Crippen LogP contribution in [0.1, 0.15) is 101 Å². The lowest BCUT2D eigenvalue weighted by Gasteiger charge is -2.36. The number of anilines is 1. The van der Waals surface area contributed by atoms with E-state index in [9.17, 15) is 19.2 Å². The maximum absolute atomic E-state index is 13.8. The third-order valence-electron chi connectivity index (χ3n) is 9.25. The first-order valence-electron chi connectivity index (χ1n) is 16.6. The molecule has 0 bridgehead atoms. The van der Waals surface area contributed by atoms with Crippen LogP contribution in [0, 0.1) is 5.92 Å². The fourth-order valence-electron chi connectivity index (χ4n) is 6.34. The molecule has 2 aliphatic rings. The second-order valence-electron chi connectivity index (χ2n) is 12.9. The molecular weight excluding hydrogens is 570 g/mol. The fraction of sp³-hybridized carbons (Fsp3) is 0.618. The number of benzene rings is 1. The van der Waals surface area contributed by atoms with Crippen LogP contribution in [-0.4, -0.2) is 88.5 Å². The lowest BCUT2D eigenvalue weighted by atomic mass is 9.90. The van der Waals surface area contributed by atoms with E-state index in [1.54, 1.807) is 23.9 Å². The van der Waals surface area contributed by atoms with Gasteiger partial charge in [-0.15, -0.1) is 0 Å². The molecule has 1 aromatic heterocycles. The second-order valence-corrected chi connectivity index (χ2v) is 12.9. The lowest BCUT2D eigenvalue weighted by molar-refractivity contribution is -0.138. The van der Waals surface area contributed by atoms with Gasteiger partial charge in [0.1, 0.15) is 17.8 Å². The van der Waals surface area contributed by atoms with Crippen LogP contribution in [0.4, 0.5) is 5.69 Å². The van der Waals surface area contributed by atoms with E-state index in [-0.39, 0.29) is 41.5 Å². The van der Waals surface area contributed by atoms with Crippen LogP contribution in [0.5, 0.6) is 0 Å². The molecule has 1 aliphatic heterocycles. The van der Waals surface area contributed by atoms with Crippen molar-refractivity contribution in [1.29, 1.82) is 0 Å². The van der Waals surface area contributed by atoms with Crippen molar-refractivity contribution in [1.82, 2.24) is 30.2 Å². The first-order valence-corrected chi connectivity index (χ1v) is 16.6. The van der Waals surface area contributed by atoms with Crippen LogP contribution in [-0.2, 0) is 14.4 Å². The highest BCUT2D eigenvalue weighted by atomic mass is 16.2. The summed E-state index contributed by atoms with van der Waals surface area (Å²) in [5.74, 6) is -1.03. The van der Waals surface area contributed by atoms with E-state index in [1.165, 1.54) is 0 Å². The third-order valence-corrected chi connectivity index (χ3v) is 9.25. The SMILES string of the molecule is CCC(=O)N[C@@H](C(=O)N1CCN(C)CC1)[C@@H](C)c1ccc(NC(=O)[C@@H](NC(=O)c2ccnn2C(C)C)C2CCCCCC2)cc1. The van der Waals surface area contributed by atoms with Crippen molar-refractivity contribution in [3.8, 4) is 0 Å². The minimum absolute atomic E-state index is 0.0126. The molecule has 3 atom stereocenters. The van der Waals surface area contributed by atoms with Gasteiger partial charge in [-0.05, 0) is 63.4 Å². The molecule has 0 radical (unpaired) electrons. The van der Waals surface area contributed by atoms with E-state index in [2.05, 4.69) is 25.9 Å². The Morgan fingerprint density at radius 2 is 1.53 bits per heavy atom. The first kappa shape index (κ1) is 34.1. The summed E-state index contributed by atoms with van der Waals surface area (Å²) in [5.41, 5.74) is 1.92. The molecule has 2 aromatic rings. The summed E-state index contributed by atoms with van der Waals surface area (Å²) in [6, 6.07) is 7.76. The number of rotatable bonds is 11. The molecule has 3 N–H and O–H groups in total. The number of carbonyl (C=O) groups excluding carboxylic acids is 4. The molecule has 11 heteroatoms. The third kappa shape index (κ3) is 8.93. The average Bonchev–Trinajstić information content (AvgIpc) is 3.39. The zero-order chi connectivity index (χ0) is 32.5. The molecule has 2 heterocycles.